The zero-order valence-corrected chi connectivity index (χ0v) is 10.1. The van der Waals surface area contributed by atoms with Gasteiger partial charge in [-0.25, -0.2) is 0 Å². The van der Waals surface area contributed by atoms with Gasteiger partial charge in [-0.2, -0.15) is 0 Å². The van der Waals surface area contributed by atoms with Gasteiger partial charge in [-0.05, 0) is 54.1 Å². The number of hydrogen-bond acceptors (Lipinski definition) is 2. The van der Waals surface area contributed by atoms with E-state index in [0.29, 0.717) is 0 Å². The van der Waals surface area contributed by atoms with Gasteiger partial charge in [0, 0.05) is 11.8 Å². The van der Waals surface area contributed by atoms with Gasteiger partial charge in [0.15, 0.2) is 0 Å². The summed E-state index contributed by atoms with van der Waals surface area (Å²) in [5.41, 5.74) is 2.76. The maximum Gasteiger partial charge on any atom is 0.118 e. The third-order valence-corrected chi connectivity index (χ3v) is 2.51. The van der Waals surface area contributed by atoms with Crippen molar-refractivity contribution in [3.8, 4) is 18.1 Å². The first-order chi connectivity index (χ1) is 8.81. The van der Waals surface area contributed by atoms with Crippen LogP contribution in [0, 0.1) is 12.3 Å². The molecule has 88 valence electrons. The molecule has 0 amide bonds. The Kier molecular flexibility index (Phi) is 3.78. The standard InChI is InChI=1S/C16H13NO/c1-3-13-4-8-15(9-5-13)17-12-14-6-10-16(18-2)11-7-14/h1,4-12H,2H3. The monoisotopic (exact) mass is 235 g/mol. The minimum Gasteiger partial charge on any atom is -0.497 e. The van der Waals surface area contributed by atoms with Crippen LogP contribution in [0.15, 0.2) is 53.5 Å². The highest BCUT2D eigenvalue weighted by Crippen LogP contribution is 2.14. The number of ether oxygens (including phenoxy) is 1. The van der Waals surface area contributed by atoms with Crippen LogP contribution in [-0.4, -0.2) is 13.3 Å². The molecule has 0 heterocycles. The first-order valence-corrected chi connectivity index (χ1v) is 5.56. The highest BCUT2D eigenvalue weighted by Gasteiger charge is 1.92. The average Bonchev–Trinajstić information content (AvgIpc) is 2.46. The van der Waals surface area contributed by atoms with Crippen LogP contribution in [0.5, 0.6) is 5.75 Å². The summed E-state index contributed by atoms with van der Waals surface area (Å²) in [5, 5.41) is 0. The molecule has 0 aliphatic rings. The van der Waals surface area contributed by atoms with E-state index < -0.39 is 0 Å². The van der Waals surface area contributed by atoms with Crippen LogP contribution in [0.3, 0.4) is 0 Å². The van der Waals surface area contributed by atoms with Crippen LogP contribution in [0.25, 0.3) is 0 Å². The summed E-state index contributed by atoms with van der Waals surface area (Å²) in [6.07, 6.45) is 7.10. The minimum absolute atomic E-state index is 0.838. The maximum absolute atomic E-state index is 5.29. The number of methoxy groups -OCH3 is 1. The normalized spacial score (nSPS) is 10.2. The van der Waals surface area contributed by atoms with Gasteiger partial charge in [0.1, 0.15) is 5.75 Å². The molecule has 0 saturated heterocycles. The Morgan fingerprint density at radius 2 is 1.72 bits per heavy atom. The molecule has 2 nitrogen and oxygen atoms in total. The first-order valence-electron chi connectivity index (χ1n) is 5.56. The van der Waals surface area contributed by atoms with Crippen LogP contribution in [0.2, 0.25) is 0 Å². The van der Waals surface area contributed by atoms with E-state index in [-0.39, 0.29) is 0 Å². The smallest absolute Gasteiger partial charge is 0.118 e. The van der Waals surface area contributed by atoms with Crippen LogP contribution in [0.4, 0.5) is 5.69 Å². The van der Waals surface area contributed by atoms with Crippen LogP contribution in [0.1, 0.15) is 11.1 Å². The van der Waals surface area contributed by atoms with Gasteiger partial charge in [0.05, 0.1) is 12.8 Å². The van der Waals surface area contributed by atoms with E-state index in [1.807, 2.05) is 54.7 Å². The molecule has 0 unspecified atom stereocenters. The molecule has 0 aliphatic carbocycles. The number of terminal acetylenes is 1. The molecule has 0 N–H and O–H groups in total. The fraction of sp³-hybridized carbons (Fsp3) is 0.0625. The fourth-order valence-electron chi connectivity index (χ4n) is 1.48. The second kappa shape index (κ2) is 5.70. The average molecular weight is 235 g/mol. The Labute approximate surface area is 107 Å². The first kappa shape index (κ1) is 11.9. The molecule has 0 fully saturated rings. The Morgan fingerprint density at radius 3 is 2.28 bits per heavy atom. The van der Waals surface area contributed by atoms with E-state index in [4.69, 9.17) is 11.2 Å². The summed E-state index contributed by atoms with van der Waals surface area (Å²) in [7, 11) is 1.65. The van der Waals surface area contributed by atoms with Gasteiger partial charge >= 0.3 is 0 Å². The van der Waals surface area contributed by atoms with Crippen molar-refractivity contribution in [1.82, 2.24) is 0 Å². The molecule has 0 saturated carbocycles. The zero-order valence-electron chi connectivity index (χ0n) is 10.1. The van der Waals surface area contributed by atoms with Gasteiger partial charge < -0.3 is 4.74 Å². The topological polar surface area (TPSA) is 21.6 Å². The second-order valence-corrected chi connectivity index (χ2v) is 3.72. The summed E-state index contributed by atoms with van der Waals surface area (Å²) in [5.74, 6) is 3.41. The lowest BCUT2D eigenvalue weighted by Crippen LogP contribution is -1.84. The van der Waals surface area contributed by atoms with Crippen LogP contribution >= 0.6 is 0 Å². The number of hydrogen-bond donors (Lipinski definition) is 0. The lowest BCUT2D eigenvalue weighted by molar-refractivity contribution is 0.415. The largest absolute Gasteiger partial charge is 0.497 e. The molecule has 2 heteroatoms. The van der Waals surface area contributed by atoms with E-state index >= 15 is 0 Å². The summed E-state index contributed by atoms with van der Waals surface area (Å²) in [6.45, 7) is 0. The fourth-order valence-corrected chi connectivity index (χ4v) is 1.48. The quantitative estimate of drug-likeness (QED) is 0.590. The molecule has 0 aliphatic heterocycles. The van der Waals surface area contributed by atoms with Gasteiger partial charge in [0.2, 0.25) is 0 Å². The van der Waals surface area contributed by atoms with Gasteiger partial charge in [-0.1, -0.05) is 5.92 Å². The number of benzene rings is 2. The third-order valence-electron chi connectivity index (χ3n) is 2.51. The SMILES string of the molecule is C#Cc1ccc(N=Cc2ccc(OC)cc2)cc1. The van der Waals surface area contributed by atoms with Crippen molar-refractivity contribution >= 4 is 11.9 Å². The molecule has 0 radical (unpaired) electrons. The van der Waals surface area contributed by atoms with E-state index in [2.05, 4.69) is 10.9 Å². The molecule has 2 rings (SSSR count). The predicted molar refractivity (Wildman–Crippen MR) is 74.6 cm³/mol. The van der Waals surface area contributed by atoms with E-state index in [0.717, 1.165) is 22.6 Å². The minimum atomic E-state index is 0.838. The van der Waals surface area contributed by atoms with E-state index in [9.17, 15) is 0 Å². The Hall–Kier alpha value is -2.53. The number of nitrogens with zero attached hydrogens (tertiary/aromatic N) is 1. The number of rotatable bonds is 3. The summed E-state index contributed by atoms with van der Waals surface area (Å²) >= 11 is 0. The van der Waals surface area contributed by atoms with Crippen molar-refractivity contribution < 1.29 is 4.74 Å². The lowest BCUT2D eigenvalue weighted by atomic mass is 10.2. The molecule has 0 aromatic heterocycles. The molecule has 18 heavy (non-hydrogen) atoms. The predicted octanol–water partition coefficient (Wildman–Crippen LogP) is 3.43. The summed E-state index contributed by atoms with van der Waals surface area (Å²) in [6, 6.07) is 15.3. The Morgan fingerprint density at radius 1 is 1.06 bits per heavy atom. The van der Waals surface area contributed by atoms with Crippen LogP contribution < -0.4 is 4.74 Å². The summed E-state index contributed by atoms with van der Waals surface area (Å²) < 4.78 is 5.09. The molecule has 0 spiro atoms. The Bertz CT molecular complexity index is 574. The molecule has 0 bridgehead atoms. The van der Waals surface area contributed by atoms with Crippen molar-refractivity contribution in [2.24, 2.45) is 4.99 Å². The molecule has 2 aromatic carbocycles. The van der Waals surface area contributed by atoms with Crippen molar-refractivity contribution in [3.05, 3.63) is 59.7 Å². The van der Waals surface area contributed by atoms with Crippen LogP contribution in [-0.2, 0) is 0 Å². The maximum atomic E-state index is 5.29. The Balaban J connectivity index is 2.11. The lowest BCUT2D eigenvalue weighted by Gasteiger charge is -1.99. The van der Waals surface area contributed by atoms with E-state index in [1.165, 1.54) is 0 Å². The van der Waals surface area contributed by atoms with Crippen molar-refractivity contribution in [2.45, 2.75) is 0 Å². The third kappa shape index (κ3) is 2.99. The highest BCUT2D eigenvalue weighted by atomic mass is 16.5. The molecular weight excluding hydrogens is 222 g/mol. The van der Waals surface area contributed by atoms with Crippen molar-refractivity contribution in [2.75, 3.05) is 7.11 Å². The van der Waals surface area contributed by atoms with Gasteiger partial charge in [-0.3, -0.25) is 4.99 Å². The number of aliphatic imine (C=N–C) groups is 1. The van der Waals surface area contributed by atoms with Gasteiger partial charge in [0.25, 0.3) is 0 Å². The molecular formula is C16H13NO. The zero-order chi connectivity index (χ0) is 12.8. The second-order valence-electron chi connectivity index (χ2n) is 3.72. The molecule has 0 atom stereocenters. The highest BCUT2D eigenvalue weighted by molar-refractivity contribution is 5.82. The van der Waals surface area contributed by atoms with E-state index in [1.54, 1.807) is 7.11 Å². The van der Waals surface area contributed by atoms with Crippen molar-refractivity contribution in [1.29, 1.82) is 0 Å². The molecule has 2 aromatic rings. The summed E-state index contributed by atoms with van der Waals surface area (Å²) in [4.78, 5) is 4.37. The van der Waals surface area contributed by atoms with Gasteiger partial charge in [-0.15, -0.1) is 6.42 Å². The van der Waals surface area contributed by atoms with Crippen molar-refractivity contribution in [3.63, 3.8) is 0 Å².